The SMILES string of the molecule is COC(=O)C1=C(C)NC(C)=C(C(=O)OC)C1C(=O)O[C@H](C)C(=O)c1ccc(Cl)cc1. The van der Waals surface area contributed by atoms with E-state index < -0.39 is 35.7 Å². The third kappa shape index (κ3) is 4.71. The Bertz CT molecular complexity index is 909. The lowest BCUT2D eigenvalue weighted by Crippen LogP contribution is -2.39. The summed E-state index contributed by atoms with van der Waals surface area (Å²) in [5.41, 5.74) is 0.750. The van der Waals surface area contributed by atoms with Crippen molar-refractivity contribution in [3.63, 3.8) is 0 Å². The van der Waals surface area contributed by atoms with Gasteiger partial charge in [0.25, 0.3) is 0 Å². The van der Waals surface area contributed by atoms with Crippen LogP contribution in [0.5, 0.6) is 0 Å². The van der Waals surface area contributed by atoms with Gasteiger partial charge in [-0.15, -0.1) is 0 Å². The number of hydrogen-bond acceptors (Lipinski definition) is 8. The van der Waals surface area contributed by atoms with Crippen LogP contribution >= 0.6 is 11.6 Å². The third-order valence-corrected chi connectivity index (χ3v) is 4.85. The molecule has 0 unspecified atom stereocenters. The van der Waals surface area contributed by atoms with Crippen molar-refractivity contribution in [1.29, 1.82) is 0 Å². The number of nitrogens with one attached hydrogen (secondary N) is 1. The van der Waals surface area contributed by atoms with Gasteiger partial charge in [-0.05, 0) is 45.0 Å². The van der Waals surface area contributed by atoms with Gasteiger partial charge in [-0.1, -0.05) is 11.6 Å². The number of allylic oxidation sites excluding steroid dienone is 2. The molecule has 1 N–H and O–H groups in total. The molecular formula is C21H22ClNO7. The summed E-state index contributed by atoms with van der Waals surface area (Å²) in [6.45, 7) is 4.53. The van der Waals surface area contributed by atoms with Gasteiger partial charge in [0, 0.05) is 22.0 Å². The summed E-state index contributed by atoms with van der Waals surface area (Å²) in [7, 11) is 2.31. The average Bonchev–Trinajstić information content (AvgIpc) is 2.72. The summed E-state index contributed by atoms with van der Waals surface area (Å²) in [5.74, 6) is -4.45. The largest absolute Gasteiger partial charge is 0.466 e. The highest BCUT2D eigenvalue weighted by Crippen LogP contribution is 2.32. The monoisotopic (exact) mass is 435 g/mol. The molecule has 160 valence electrons. The Balaban J connectivity index is 2.39. The van der Waals surface area contributed by atoms with E-state index in [4.69, 9.17) is 25.8 Å². The number of dihydropyridines is 1. The first-order chi connectivity index (χ1) is 14.1. The molecule has 1 aromatic carbocycles. The summed E-state index contributed by atoms with van der Waals surface area (Å²) in [4.78, 5) is 50.3. The number of ether oxygens (including phenoxy) is 3. The molecule has 30 heavy (non-hydrogen) atoms. The van der Waals surface area contributed by atoms with Crippen LogP contribution in [0.25, 0.3) is 0 Å². The second kappa shape index (κ2) is 9.58. The molecule has 0 radical (unpaired) electrons. The topological polar surface area (TPSA) is 108 Å². The van der Waals surface area contributed by atoms with Crippen molar-refractivity contribution in [3.05, 3.63) is 57.4 Å². The first-order valence-electron chi connectivity index (χ1n) is 8.97. The quantitative estimate of drug-likeness (QED) is 0.412. The minimum Gasteiger partial charge on any atom is -0.466 e. The highest BCUT2D eigenvalue weighted by molar-refractivity contribution is 6.30. The van der Waals surface area contributed by atoms with Gasteiger partial charge in [-0.2, -0.15) is 0 Å². The molecule has 0 saturated heterocycles. The molecule has 0 spiro atoms. The average molecular weight is 436 g/mol. The number of methoxy groups -OCH3 is 2. The van der Waals surface area contributed by atoms with Gasteiger partial charge in [0.1, 0.15) is 5.92 Å². The molecule has 1 atom stereocenters. The fourth-order valence-electron chi connectivity index (χ4n) is 3.14. The van der Waals surface area contributed by atoms with E-state index in [0.717, 1.165) is 14.2 Å². The smallest absolute Gasteiger partial charge is 0.336 e. The minimum absolute atomic E-state index is 0.0976. The second-order valence-electron chi connectivity index (χ2n) is 6.57. The van der Waals surface area contributed by atoms with E-state index in [0.29, 0.717) is 22.0 Å². The van der Waals surface area contributed by atoms with Crippen LogP contribution in [0, 0.1) is 5.92 Å². The molecule has 0 aliphatic carbocycles. The summed E-state index contributed by atoms with van der Waals surface area (Å²) < 4.78 is 14.9. The van der Waals surface area contributed by atoms with E-state index in [1.807, 2.05) is 0 Å². The molecule has 1 heterocycles. The zero-order valence-electron chi connectivity index (χ0n) is 17.2. The van der Waals surface area contributed by atoms with E-state index in [9.17, 15) is 19.2 Å². The molecule has 8 nitrogen and oxygen atoms in total. The van der Waals surface area contributed by atoms with Crippen LogP contribution in [0.4, 0.5) is 0 Å². The Morgan fingerprint density at radius 3 is 1.83 bits per heavy atom. The summed E-state index contributed by atoms with van der Waals surface area (Å²) in [5, 5.41) is 3.33. The Morgan fingerprint density at radius 1 is 0.933 bits per heavy atom. The van der Waals surface area contributed by atoms with Gasteiger partial charge < -0.3 is 19.5 Å². The third-order valence-electron chi connectivity index (χ3n) is 4.60. The number of ketones is 1. The van der Waals surface area contributed by atoms with E-state index in [-0.39, 0.29) is 11.1 Å². The molecule has 1 aromatic rings. The predicted molar refractivity (Wildman–Crippen MR) is 107 cm³/mol. The van der Waals surface area contributed by atoms with Crippen LogP contribution in [0.3, 0.4) is 0 Å². The molecule has 0 fully saturated rings. The van der Waals surface area contributed by atoms with Gasteiger partial charge in [0.05, 0.1) is 25.4 Å². The number of benzene rings is 1. The van der Waals surface area contributed by atoms with Crippen molar-refractivity contribution < 1.29 is 33.4 Å². The van der Waals surface area contributed by atoms with Gasteiger partial charge in [-0.25, -0.2) is 9.59 Å². The number of rotatable bonds is 6. The maximum atomic E-state index is 13.0. The Labute approximate surface area is 178 Å². The van der Waals surface area contributed by atoms with Crippen LogP contribution in [0.15, 0.2) is 46.8 Å². The Hall–Kier alpha value is -3.13. The van der Waals surface area contributed by atoms with Gasteiger partial charge >= 0.3 is 17.9 Å². The summed E-state index contributed by atoms with van der Waals surface area (Å²) in [6.07, 6.45) is -1.17. The van der Waals surface area contributed by atoms with Gasteiger partial charge in [0.15, 0.2) is 6.10 Å². The lowest BCUT2D eigenvalue weighted by Gasteiger charge is -2.29. The van der Waals surface area contributed by atoms with Crippen molar-refractivity contribution >= 4 is 35.3 Å². The molecule has 0 amide bonds. The first kappa shape index (κ1) is 23.2. The molecule has 1 aliphatic heterocycles. The van der Waals surface area contributed by atoms with Gasteiger partial charge in [-0.3, -0.25) is 9.59 Å². The number of carbonyl (C=O) groups excluding carboxylic acids is 4. The highest BCUT2D eigenvalue weighted by atomic mass is 35.5. The molecule has 9 heteroatoms. The maximum absolute atomic E-state index is 13.0. The Kier molecular flexibility index (Phi) is 7.39. The fourth-order valence-corrected chi connectivity index (χ4v) is 3.26. The second-order valence-corrected chi connectivity index (χ2v) is 7.01. The maximum Gasteiger partial charge on any atom is 0.336 e. The van der Waals surface area contributed by atoms with Crippen molar-refractivity contribution in [1.82, 2.24) is 5.32 Å². The molecular weight excluding hydrogens is 414 g/mol. The van der Waals surface area contributed by atoms with Crippen LogP contribution < -0.4 is 5.32 Å². The highest BCUT2D eigenvalue weighted by Gasteiger charge is 2.43. The molecule has 1 aliphatic rings. The molecule has 2 rings (SSSR count). The number of hydrogen-bond donors (Lipinski definition) is 1. The van der Waals surface area contributed by atoms with Crippen LogP contribution in [-0.2, 0) is 28.6 Å². The minimum atomic E-state index is -1.41. The number of Topliss-reactive ketones (excluding diaryl/α,β-unsaturated/α-hetero) is 1. The molecule has 0 saturated carbocycles. The van der Waals surface area contributed by atoms with E-state index in [1.54, 1.807) is 26.0 Å². The summed E-state index contributed by atoms with van der Waals surface area (Å²) >= 11 is 5.83. The zero-order chi connectivity index (χ0) is 22.6. The normalized spacial score (nSPS) is 15.3. The van der Waals surface area contributed by atoms with E-state index >= 15 is 0 Å². The Morgan fingerprint density at radius 2 is 1.40 bits per heavy atom. The number of halogens is 1. The fraction of sp³-hybridized carbons (Fsp3) is 0.333. The molecule has 0 bridgehead atoms. The van der Waals surface area contributed by atoms with E-state index in [2.05, 4.69) is 5.32 Å². The first-order valence-corrected chi connectivity index (χ1v) is 9.35. The number of carbonyl (C=O) groups is 4. The molecule has 0 aromatic heterocycles. The number of esters is 3. The van der Waals surface area contributed by atoms with Gasteiger partial charge in [0.2, 0.25) is 5.78 Å². The van der Waals surface area contributed by atoms with Crippen molar-refractivity contribution in [2.24, 2.45) is 5.92 Å². The zero-order valence-corrected chi connectivity index (χ0v) is 18.0. The van der Waals surface area contributed by atoms with Crippen LogP contribution in [-0.4, -0.2) is 44.0 Å². The van der Waals surface area contributed by atoms with Crippen molar-refractivity contribution in [2.75, 3.05) is 14.2 Å². The lowest BCUT2D eigenvalue weighted by molar-refractivity contribution is -0.153. The van der Waals surface area contributed by atoms with E-state index in [1.165, 1.54) is 19.1 Å². The van der Waals surface area contributed by atoms with Crippen molar-refractivity contribution in [2.45, 2.75) is 26.9 Å². The van der Waals surface area contributed by atoms with Crippen LogP contribution in [0.2, 0.25) is 5.02 Å². The summed E-state index contributed by atoms with van der Waals surface area (Å²) in [6, 6.07) is 6.10. The predicted octanol–water partition coefficient (Wildman–Crippen LogP) is 2.57. The van der Waals surface area contributed by atoms with Crippen LogP contribution in [0.1, 0.15) is 31.1 Å². The lowest BCUT2D eigenvalue weighted by atomic mass is 9.85. The standard InChI is InChI=1S/C21H22ClNO7/c1-10-15(19(25)28-4)17(16(11(2)23-10)20(26)29-5)21(27)30-12(3)18(24)13-6-8-14(22)9-7-13/h6-9,12,17,23H,1-5H3/t12-/m1/s1. The van der Waals surface area contributed by atoms with Crippen molar-refractivity contribution in [3.8, 4) is 0 Å².